The Bertz CT molecular complexity index is 936. The molecule has 0 unspecified atom stereocenters. The smallest absolute Gasteiger partial charge is 0.337 e. The van der Waals surface area contributed by atoms with Crippen molar-refractivity contribution in [1.82, 2.24) is 0 Å². The molecule has 0 amide bonds. The molecule has 1 heterocycles. The Morgan fingerprint density at radius 3 is 2.59 bits per heavy atom. The molecule has 0 bridgehead atoms. The number of carbonyl (C=O) groups excluding carboxylic acids is 2. The third kappa shape index (κ3) is 4.19. The van der Waals surface area contributed by atoms with Crippen LogP contribution in [0.25, 0.3) is 6.08 Å². The van der Waals surface area contributed by atoms with E-state index in [4.69, 9.17) is 14.2 Å². The molecule has 29 heavy (non-hydrogen) atoms. The second-order valence-corrected chi connectivity index (χ2v) is 7.50. The van der Waals surface area contributed by atoms with E-state index in [2.05, 4.69) is 0 Å². The van der Waals surface area contributed by atoms with Crippen molar-refractivity contribution < 1.29 is 23.8 Å². The van der Waals surface area contributed by atoms with E-state index in [9.17, 15) is 9.59 Å². The van der Waals surface area contributed by atoms with Crippen LogP contribution in [0.2, 0.25) is 0 Å². The highest BCUT2D eigenvalue weighted by molar-refractivity contribution is 6.16. The van der Waals surface area contributed by atoms with Crippen molar-refractivity contribution in [3.63, 3.8) is 0 Å². The molecule has 4 rings (SSSR count). The molecule has 2 aromatic carbocycles. The van der Waals surface area contributed by atoms with E-state index in [1.165, 1.54) is 39.2 Å². The Hall–Kier alpha value is -3.08. The summed E-state index contributed by atoms with van der Waals surface area (Å²) in [7, 11) is 1.34. The predicted octanol–water partition coefficient (Wildman–Crippen LogP) is 5.05. The van der Waals surface area contributed by atoms with Crippen LogP contribution in [0, 0.1) is 5.92 Å². The summed E-state index contributed by atoms with van der Waals surface area (Å²) < 4.78 is 16.5. The molecule has 1 fully saturated rings. The van der Waals surface area contributed by atoms with E-state index in [0.717, 1.165) is 5.56 Å². The van der Waals surface area contributed by atoms with E-state index in [-0.39, 0.29) is 11.5 Å². The lowest BCUT2D eigenvalue weighted by Gasteiger charge is -2.22. The highest BCUT2D eigenvalue weighted by Crippen LogP contribution is 2.38. The number of ether oxygens (including phenoxy) is 3. The first kappa shape index (κ1) is 19.2. The molecule has 0 N–H and O–H groups in total. The number of rotatable bonds is 5. The average molecular weight is 392 g/mol. The molecule has 5 nitrogen and oxygen atoms in total. The molecule has 2 aliphatic rings. The van der Waals surface area contributed by atoms with Gasteiger partial charge in [-0.3, -0.25) is 4.79 Å². The van der Waals surface area contributed by atoms with Crippen LogP contribution in [0.3, 0.4) is 0 Å². The molecule has 1 saturated carbocycles. The molecule has 5 heteroatoms. The third-order valence-electron chi connectivity index (χ3n) is 5.49. The van der Waals surface area contributed by atoms with Crippen molar-refractivity contribution in [2.75, 3.05) is 13.7 Å². The van der Waals surface area contributed by atoms with Gasteiger partial charge in [-0.1, -0.05) is 37.5 Å². The Balaban J connectivity index is 1.50. The quantitative estimate of drug-likeness (QED) is 0.526. The Morgan fingerprint density at radius 2 is 1.86 bits per heavy atom. The zero-order valence-corrected chi connectivity index (χ0v) is 16.5. The highest BCUT2D eigenvalue weighted by atomic mass is 16.5. The molecule has 0 saturated heterocycles. The van der Waals surface area contributed by atoms with Crippen molar-refractivity contribution in [2.45, 2.75) is 32.1 Å². The lowest BCUT2D eigenvalue weighted by Crippen LogP contribution is -2.16. The minimum atomic E-state index is -0.399. The van der Waals surface area contributed by atoms with Gasteiger partial charge in [0.05, 0.1) is 19.3 Å². The van der Waals surface area contributed by atoms with Crippen LogP contribution in [-0.2, 0) is 4.74 Å². The maximum absolute atomic E-state index is 12.9. The van der Waals surface area contributed by atoms with Gasteiger partial charge >= 0.3 is 5.97 Å². The highest BCUT2D eigenvalue weighted by Gasteiger charge is 2.31. The van der Waals surface area contributed by atoms with Gasteiger partial charge in [-0.15, -0.1) is 0 Å². The number of esters is 1. The number of Topliss-reactive ketones (excluding diaryl/α,β-unsaturated/α-hetero) is 1. The zero-order chi connectivity index (χ0) is 20.2. The number of methoxy groups -OCH3 is 1. The van der Waals surface area contributed by atoms with Gasteiger partial charge in [0.2, 0.25) is 5.78 Å². The van der Waals surface area contributed by atoms with Crippen LogP contribution in [0.4, 0.5) is 0 Å². The van der Waals surface area contributed by atoms with Gasteiger partial charge in [-0.25, -0.2) is 4.79 Å². The van der Waals surface area contributed by atoms with E-state index in [1.54, 1.807) is 36.4 Å². The number of carbonyl (C=O) groups is 2. The number of fused-ring (bicyclic) bond motifs is 1. The molecule has 0 aromatic heterocycles. The Kier molecular flexibility index (Phi) is 5.65. The van der Waals surface area contributed by atoms with E-state index in [0.29, 0.717) is 35.2 Å². The fraction of sp³-hybridized carbons (Fsp3) is 0.333. The largest absolute Gasteiger partial charge is 0.492 e. The summed E-state index contributed by atoms with van der Waals surface area (Å²) in [5, 5.41) is 0. The fourth-order valence-electron chi connectivity index (χ4n) is 3.87. The first-order valence-corrected chi connectivity index (χ1v) is 10.0. The first-order valence-electron chi connectivity index (χ1n) is 10.0. The van der Waals surface area contributed by atoms with Gasteiger partial charge in [-0.05, 0) is 54.7 Å². The number of hydrogen-bond acceptors (Lipinski definition) is 5. The third-order valence-corrected chi connectivity index (χ3v) is 5.49. The van der Waals surface area contributed by atoms with Crippen molar-refractivity contribution in [2.24, 2.45) is 5.92 Å². The summed E-state index contributed by atoms with van der Waals surface area (Å²) in [4.78, 5) is 24.5. The summed E-state index contributed by atoms with van der Waals surface area (Å²) >= 11 is 0. The predicted molar refractivity (Wildman–Crippen MR) is 109 cm³/mol. The number of benzene rings is 2. The number of ketones is 1. The monoisotopic (exact) mass is 392 g/mol. The van der Waals surface area contributed by atoms with E-state index in [1.807, 2.05) is 12.1 Å². The molecular weight excluding hydrogens is 368 g/mol. The van der Waals surface area contributed by atoms with Crippen LogP contribution in [0.5, 0.6) is 11.5 Å². The van der Waals surface area contributed by atoms with Crippen LogP contribution in [0.1, 0.15) is 58.4 Å². The fourth-order valence-corrected chi connectivity index (χ4v) is 3.87. The first-order chi connectivity index (χ1) is 14.2. The molecule has 1 aliphatic heterocycles. The molecule has 150 valence electrons. The van der Waals surface area contributed by atoms with Crippen LogP contribution >= 0.6 is 0 Å². The second-order valence-electron chi connectivity index (χ2n) is 7.50. The second kappa shape index (κ2) is 8.52. The van der Waals surface area contributed by atoms with Gasteiger partial charge in [0.1, 0.15) is 17.1 Å². The SMILES string of the molecule is COC(=O)c1ccc(/C=C2\Oc3cccc(OCC4CCCCC4)c3C2=O)cc1. The standard InChI is InChI=1S/C24H24O5/c1-27-24(26)18-12-10-16(11-13-18)14-21-23(25)22-19(8-5-9-20(22)29-21)28-15-17-6-3-2-4-7-17/h5,8-14,17H,2-4,6-7,15H2,1H3/b21-14-. The Labute approximate surface area is 170 Å². The normalized spacial score (nSPS) is 17.7. The molecular formula is C24H24O5. The molecule has 1 aliphatic carbocycles. The van der Waals surface area contributed by atoms with Gasteiger partial charge in [0.15, 0.2) is 5.76 Å². The molecule has 0 atom stereocenters. The summed E-state index contributed by atoms with van der Waals surface area (Å²) in [5.74, 6) is 1.33. The summed E-state index contributed by atoms with van der Waals surface area (Å²) in [5.41, 5.74) is 1.70. The lowest BCUT2D eigenvalue weighted by molar-refractivity contribution is 0.0600. The maximum Gasteiger partial charge on any atom is 0.337 e. The van der Waals surface area contributed by atoms with E-state index < -0.39 is 5.97 Å². The number of hydrogen-bond donors (Lipinski definition) is 0. The van der Waals surface area contributed by atoms with E-state index >= 15 is 0 Å². The summed E-state index contributed by atoms with van der Waals surface area (Å²) in [6.07, 6.45) is 7.86. The Morgan fingerprint density at radius 1 is 1.10 bits per heavy atom. The maximum atomic E-state index is 12.9. The minimum Gasteiger partial charge on any atom is -0.492 e. The molecule has 2 aromatic rings. The van der Waals surface area contributed by atoms with Gasteiger partial charge < -0.3 is 14.2 Å². The van der Waals surface area contributed by atoms with Crippen molar-refractivity contribution >= 4 is 17.8 Å². The molecule has 0 spiro atoms. The van der Waals surface area contributed by atoms with Crippen molar-refractivity contribution in [1.29, 1.82) is 0 Å². The van der Waals surface area contributed by atoms with Gasteiger partial charge in [-0.2, -0.15) is 0 Å². The molecule has 0 radical (unpaired) electrons. The summed E-state index contributed by atoms with van der Waals surface area (Å²) in [6.45, 7) is 0.637. The van der Waals surface area contributed by atoms with Crippen molar-refractivity contribution in [3.8, 4) is 11.5 Å². The zero-order valence-electron chi connectivity index (χ0n) is 16.5. The van der Waals surface area contributed by atoms with Crippen LogP contribution in [-0.4, -0.2) is 25.5 Å². The number of allylic oxidation sites excluding steroid dienone is 1. The average Bonchev–Trinajstić information content (AvgIpc) is 3.09. The minimum absolute atomic E-state index is 0.184. The van der Waals surface area contributed by atoms with Crippen LogP contribution in [0.15, 0.2) is 48.2 Å². The van der Waals surface area contributed by atoms with Gasteiger partial charge in [0.25, 0.3) is 0 Å². The topological polar surface area (TPSA) is 61.8 Å². The summed E-state index contributed by atoms with van der Waals surface area (Å²) in [6, 6.07) is 12.3. The van der Waals surface area contributed by atoms with Crippen molar-refractivity contribution in [3.05, 3.63) is 64.9 Å². The lowest BCUT2D eigenvalue weighted by atomic mass is 9.90. The van der Waals surface area contributed by atoms with Crippen LogP contribution < -0.4 is 9.47 Å². The van der Waals surface area contributed by atoms with Gasteiger partial charge in [0, 0.05) is 0 Å².